The van der Waals surface area contributed by atoms with Crippen molar-refractivity contribution in [3.8, 4) is 0 Å². The zero-order valence-electron chi connectivity index (χ0n) is 17.4. The van der Waals surface area contributed by atoms with Crippen LogP contribution in [-0.2, 0) is 6.18 Å². The molecule has 0 fully saturated rings. The Kier molecular flexibility index (Phi) is 5.64. The van der Waals surface area contributed by atoms with E-state index in [2.05, 4.69) is 6.58 Å². The highest BCUT2D eigenvalue weighted by atomic mass is 19.4. The van der Waals surface area contributed by atoms with Crippen molar-refractivity contribution in [2.75, 3.05) is 0 Å². The fraction of sp³-hybridized carbons (Fsp3) is 0.0769. The second kappa shape index (κ2) is 8.43. The number of ketones is 1. The van der Waals surface area contributed by atoms with Crippen LogP contribution >= 0.6 is 0 Å². The molecule has 4 rings (SSSR count). The monoisotopic (exact) mass is 450 g/mol. The molecule has 0 spiro atoms. The van der Waals surface area contributed by atoms with Gasteiger partial charge in [0.15, 0.2) is 11.3 Å². The predicted octanol–water partition coefficient (Wildman–Crippen LogP) is 6.93. The van der Waals surface area contributed by atoms with Crippen molar-refractivity contribution in [1.82, 2.24) is 0 Å². The van der Waals surface area contributed by atoms with Crippen molar-refractivity contribution in [2.24, 2.45) is 0 Å². The minimum Gasteiger partial charge on any atom is -0.452 e. The molecule has 2 heterocycles. The van der Waals surface area contributed by atoms with Gasteiger partial charge in [-0.25, -0.2) is 4.79 Å². The van der Waals surface area contributed by atoms with Gasteiger partial charge in [0.05, 0.1) is 10.9 Å². The van der Waals surface area contributed by atoms with Crippen LogP contribution in [0, 0.1) is 0 Å². The SMILES string of the molecule is C=C/C=C\C(=C/C)c1c(C(=O)c2ccccc2)oc2ccc3c(C(F)(F)F)cc(=O)oc3c12. The van der Waals surface area contributed by atoms with E-state index < -0.39 is 23.1 Å². The molecular weight excluding hydrogens is 433 g/mol. The smallest absolute Gasteiger partial charge is 0.417 e. The van der Waals surface area contributed by atoms with Crippen molar-refractivity contribution in [3.63, 3.8) is 0 Å². The summed E-state index contributed by atoms with van der Waals surface area (Å²) in [4.78, 5) is 25.4. The van der Waals surface area contributed by atoms with E-state index in [9.17, 15) is 22.8 Å². The highest BCUT2D eigenvalue weighted by Gasteiger charge is 2.35. The summed E-state index contributed by atoms with van der Waals surface area (Å²) in [5, 5.41) is -0.199. The van der Waals surface area contributed by atoms with Crippen LogP contribution in [0.2, 0.25) is 0 Å². The first kappa shape index (κ1) is 22.1. The number of furan rings is 1. The Hall–Kier alpha value is -4.13. The minimum atomic E-state index is -4.78. The molecule has 0 aliphatic heterocycles. The number of rotatable bonds is 5. The topological polar surface area (TPSA) is 60.4 Å². The summed E-state index contributed by atoms with van der Waals surface area (Å²) in [6.45, 7) is 5.34. The lowest BCUT2D eigenvalue weighted by Crippen LogP contribution is -2.11. The zero-order chi connectivity index (χ0) is 23.8. The lowest BCUT2D eigenvalue weighted by atomic mass is 9.95. The van der Waals surface area contributed by atoms with Crippen LogP contribution in [0.25, 0.3) is 27.5 Å². The van der Waals surface area contributed by atoms with E-state index in [0.29, 0.717) is 17.2 Å². The lowest BCUT2D eigenvalue weighted by molar-refractivity contribution is -0.136. The van der Waals surface area contributed by atoms with Gasteiger partial charge in [0.25, 0.3) is 0 Å². The zero-order valence-corrected chi connectivity index (χ0v) is 17.4. The van der Waals surface area contributed by atoms with Crippen LogP contribution in [0.3, 0.4) is 0 Å². The molecule has 0 N–H and O–H groups in total. The average Bonchev–Trinajstić information content (AvgIpc) is 3.18. The molecule has 33 heavy (non-hydrogen) atoms. The van der Waals surface area contributed by atoms with E-state index in [0.717, 1.165) is 0 Å². The molecule has 0 atom stereocenters. The molecule has 0 saturated carbocycles. The normalized spacial score (nSPS) is 12.7. The van der Waals surface area contributed by atoms with Gasteiger partial charge < -0.3 is 8.83 Å². The molecule has 0 amide bonds. The number of hydrogen-bond acceptors (Lipinski definition) is 4. The van der Waals surface area contributed by atoms with Crippen molar-refractivity contribution in [1.29, 1.82) is 0 Å². The highest BCUT2D eigenvalue weighted by Crippen LogP contribution is 2.41. The van der Waals surface area contributed by atoms with Crippen LogP contribution in [0.1, 0.15) is 34.2 Å². The predicted molar refractivity (Wildman–Crippen MR) is 120 cm³/mol. The summed E-state index contributed by atoms with van der Waals surface area (Å²) in [5.74, 6) is -0.541. The molecule has 166 valence electrons. The largest absolute Gasteiger partial charge is 0.452 e. The maximum atomic E-state index is 13.7. The highest BCUT2D eigenvalue weighted by molar-refractivity contribution is 6.18. The van der Waals surface area contributed by atoms with Crippen LogP contribution in [-0.4, -0.2) is 5.78 Å². The number of fused-ring (bicyclic) bond motifs is 3. The second-order valence-corrected chi connectivity index (χ2v) is 7.13. The molecule has 0 radical (unpaired) electrons. The first-order valence-electron chi connectivity index (χ1n) is 9.92. The van der Waals surface area contributed by atoms with Crippen molar-refractivity contribution >= 4 is 33.3 Å². The molecule has 0 unspecified atom stereocenters. The Labute approximate surface area is 185 Å². The van der Waals surface area contributed by atoms with Gasteiger partial charge in [0.2, 0.25) is 5.78 Å². The van der Waals surface area contributed by atoms with E-state index in [1.54, 1.807) is 55.5 Å². The van der Waals surface area contributed by atoms with Gasteiger partial charge >= 0.3 is 11.8 Å². The first-order chi connectivity index (χ1) is 15.8. The van der Waals surface area contributed by atoms with E-state index in [1.807, 2.05) is 0 Å². The lowest BCUT2D eigenvalue weighted by Gasteiger charge is -2.10. The summed E-state index contributed by atoms with van der Waals surface area (Å²) in [6.07, 6.45) is 1.68. The number of hydrogen-bond donors (Lipinski definition) is 0. The van der Waals surface area contributed by atoms with E-state index in [-0.39, 0.29) is 33.3 Å². The van der Waals surface area contributed by atoms with E-state index in [4.69, 9.17) is 8.83 Å². The van der Waals surface area contributed by atoms with Gasteiger partial charge in [-0.15, -0.1) is 0 Å². The minimum absolute atomic E-state index is 0.0782. The summed E-state index contributed by atoms with van der Waals surface area (Å²) >= 11 is 0. The van der Waals surface area contributed by atoms with Gasteiger partial charge in [0, 0.05) is 22.6 Å². The van der Waals surface area contributed by atoms with E-state index >= 15 is 0 Å². The molecule has 4 nitrogen and oxygen atoms in total. The van der Waals surface area contributed by atoms with Gasteiger partial charge in [0.1, 0.15) is 5.58 Å². The summed E-state index contributed by atoms with van der Waals surface area (Å²) in [5.41, 5.74) is -1.41. The number of alkyl halides is 3. The Morgan fingerprint density at radius 1 is 1.06 bits per heavy atom. The Balaban J connectivity index is 2.17. The average molecular weight is 450 g/mol. The van der Waals surface area contributed by atoms with Crippen LogP contribution in [0.15, 0.2) is 93.0 Å². The number of halogens is 3. The summed E-state index contributed by atoms with van der Waals surface area (Å²) in [6, 6.07) is 11.3. The third-order valence-corrected chi connectivity index (χ3v) is 5.12. The molecule has 0 aliphatic carbocycles. The van der Waals surface area contributed by atoms with Gasteiger partial charge in [-0.3, -0.25) is 4.79 Å². The van der Waals surface area contributed by atoms with Crippen molar-refractivity contribution in [3.05, 3.63) is 112 Å². The number of carbonyl (C=O) groups is 1. The Morgan fingerprint density at radius 3 is 2.42 bits per heavy atom. The molecule has 2 aromatic carbocycles. The van der Waals surface area contributed by atoms with Crippen LogP contribution in [0.4, 0.5) is 13.2 Å². The number of allylic oxidation sites excluding steroid dienone is 5. The van der Waals surface area contributed by atoms with Crippen LogP contribution in [0.5, 0.6) is 0 Å². The van der Waals surface area contributed by atoms with Gasteiger partial charge in [-0.2, -0.15) is 13.2 Å². The third kappa shape index (κ3) is 3.93. The molecule has 0 aliphatic rings. The first-order valence-corrected chi connectivity index (χ1v) is 9.92. The molecule has 0 saturated heterocycles. The standard InChI is InChI=1S/C26H17F3O4/c1-3-5-9-15(4-2)21-22-19(32-25(21)23(31)16-10-7-6-8-11-16)13-12-17-18(26(27,28)29)14-20(30)33-24(17)22/h3-14H,1H2,2H3/b9-5-,15-4+. The maximum Gasteiger partial charge on any atom is 0.417 e. The van der Waals surface area contributed by atoms with Gasteiger partial charge in [-0.1, -0.05) is 61.2 Å². The second-order valence-electron chi connectivity index (χ2n) is 7.13. The molecule has 0 bridgehead atoms. The van der Waals surface area contributed by atoms with Crippen LogP contribution < -0.4 is 5.63 Å². The molecule has 2 aromatic heterocycles. The molecule has 4 aromatic rings. The summed E-state index contributed by atoms with van der Waals surface area (Å²) in [7, 11) is 0. The van der Waals surface area contributed by atoms with Gasteiger partial charge in [-0.05, 0) is 24.6 Å². The Bertz CT molecular complexity index is 1500. The fourth-order valence-corrected chi connectivity index (χ4v) is 3.69. The van der Waals surface area contributed by atoms with Crippen molar-refractivity contribution < 1.29 is 26.8 Å². The molecular formula is C26H17F3O4. The van der Waals surface area contributed by atoms with E-state index in [1.165, 1.54) is 18.2 Å². The van der Waals surface area contributed by atoms with Crippen molar-refractivity contribution in [2.45, 2.75) is 13.1 Å². The maximum absolute atomic E-state index is 13.7. The number of carbonyl (C=O) groups excluding carboxylic acids is 1. The fourth-order valence-electron chi connectivity index (χ4n) is 3.69. The number of benzene rings is 2. The Morgan fingerprint density at radius 2 is 1.79 bits per heavy atom. The summed E-state index contributed by atoms with van der Waals surface area (Å²) < 4.78 is 52.1. The third-order valence-electron chi connectivity index (χ3n) is 5.12. The molecule has 7 heteroatoms. The quantitative estimate of drug-likeness (QED) is 0.188.